The molecule has 0 aromatic heterocycles. The molecule has 0 aliphatic rings. The van der Waals surface area contributed by atoms with Crippen molar-refractivity contribution in [2.45, 2.75) is 91.6 Å². The van der Waals surface area contributed by atoms with Crippen LogP contribution in [0.25, 0.3) is 0 Å². The summed E-state index contributed by atoms with van der Waals surface area (Å²) < 4.78 is 0. The minimum absolute atomic E-state index is 0.0790. The fourth-order valence-electron chi connectivity index (χ4n) is 3.02. The quantitative estimate of drug-likeness (QED) is 0.232. The average molecular weight is 445 g/mol. The predicted molar refractivity (Wildman–Crippen MR) is 117 cm³/mol. The maximum Gasteiger partial charge on any atom is 0.328 e. The molecule has 0 aromatic rings. The third-order valence-electron chi connectivity index (χ3n) is 4.70. The van der Waals surface area contributed by atoms with E-state index in [1.807, 2.05) is 27.7 Å². The van der Waals surface area contributed by atoms with Crippen LogP contribution in [0.15, 0.2) is 0 Å². The molecule has 0 bridgehead atoms. The highest BCUT2D eigenvalue weighted by Gasteiger charge is 2.33. The Kier molecular flexibility index (Phi) is 12.3. The lowest BCUT2D eigenvalue weighted by molar-refractivity contribution is -0.145. The molecule has 0 radical (unpaired) electrons. The Hall–Kier alpha value is -2.20. The number of aliphatic hydroxyl groups excluding tert-OH is 1. The monoisotopic (exact) mass is 444 g/mol. The molecule has 7 N–H and O–H groups in total. The van der Waals surface area contributed by atoms with Crippen LogP contribution in [0.5, 0.6) is 0 Å². The van der Waals surface area contributed by atoms with E-state index in [1.165, 1.54) is 6.92 Å². The minimum atomic E-state index is -1.51. The number of carbonyl (C=O) groups excluding carboxylic acids is 3. The van der Waals surface area contributed by atoms with Crippen molar-refractivity contribution in [1.29, 1.82) is 0 Å². The van der Waals surface area contributed by atoms with Gasteiger partial charge in [-0.2, -0.15) is 0 Å². The molecule has 0 aliphatic carbocycles. The van der Waals surface area contributed by atoms with E-state index in [0.717, 1.165) is 0 Å². The van der Waals surface area contributed by atoms with E-state index in [1.54, 1.807) is 13.8 Å². The number of nitrogens with two attached hydrogens (primary N) is 1. The standard InChI is InChI=1S/C21H40N4O6/c1-10(2)8-14(22)18(27)23-15(9-11(3)4)19(28)24-16(12(5)6)20(29)25-17(13(7)26)21(30)31/h10-17,26H,8-9,22H2,1-7H3,(H,23,27)(H,24,28)(H,25,29)(H,30,31). The Balaban J connectivity index is 5.41. The van der Waals surface area contributed by atoms with Gasteiger partial charge >= 0.3 is 5.97 Å². The van der Waals surface area contributed by atoms with Crippen LogP contribution in [0.1, 0.15) is 61.3 Å². The van der Waals surface area contributed by atoms with E-state index < -0.39 is 54.0 Å². The first-order chi connectivity index (χ1) is 14.2. The van der Waals surface area contributed by atoms with Crippen LogP contribution in [-0.2, 0) is 19.2 Å². The van der Waals surface area contributed by atoms with Crippen molar-refractivity contribution in [1.82, 2.24) is 16.0 Å². The number of hydrogen-bond acceptors (Lipinski definition) is 6. The van der Waals surface area contributed by atoms with Crippen molar-refractivity contribution >= 4 is 23.7 Å². The number of carbonyl (C=O) groups is 4. The molecule has 180 valence electrons. The molecule has 0 fully saturated rings. The number of hydrogen-bond donors (Lipinski definition) is 6. The zero-order valence-electron chi connectivity index (χ0n) is 19.6. The number of amides is 3. The summed E-state index contributed by atoms with van der Waals surface area (Å²) in [4.78, 5) is 49.2. The van der Waals surface area contributed by atoms with Crippen molar-refractivity contribution in [3.8, 4) is 0 Å². The van der Waals surface area contributed by atoms with E-state index in [9.17, 15) is 29.4 Å². The second-order valence-electron chi connectivity index (χ2n) is 9.22. The highest BCUT2D eigenvalue weighted by molar-refractivity contribution is 5.94. The summed E-state index contributed by atoms with van der Waals surface area (Å²) in [5.41, 5.74) is 5.92. The first kappa shape index (κ1) is 28.8. The smallest absolute Gasteiger partial charge is 0.328 e. The van der Waals surface area contributed by atoms with Crippen LogP contribution in [0, 0.1) is 17.8 Å². The Morgan fingerprint density at radius 2 is 1.23 bits per heavy atom. The Labute approximate surface area is 184 Å². The molecule has 5 atom stereocenters. The molecule has 10 nitrogen and oxygen atoms in total. The molecular formula is C21H40N4O6. The highest BCUT2D eigenvalue weighted by atomic mass is 16.4. The first-order valence-corrected chi connectivity index (χ1v) is 10.7. The van der Waals surface area contributed by atoms with Gasteiger partial charge in [-0.3, -0.25) is 14.4 Å². The molecule has 0 aromatic carbocycles. The fourth-order valence-corrected chi connectivity index (χ4v) is 3.02. The van der Waals surface area contributed by atoms with Crippen molar-refractivity contribution < 1.29 is 29.4 Å². The van der Waals surface area contributed by atoms with Gasteiger partial charge in [-0.05, 0) is 37.5 Å². The van der Waals surface area contributed by atoms with Crippen molar-refractivity contribution in [2.24, 2.45) is 23.5 Å². The van der Waals surface area contributed by atoms with E-state index in [0.29, 0.717) is 12.8 Å². The van der Waals surface area contributed by atoms with E-state index in [-0.39, 0.29) is 17.8 Å². The van der Waals surface area contributed by atoms with Gasteiger partial charge in [-0.1, -0.05) is 41.5 Å². The zero-order chi connectivity index (χ0) is 24.5. The molecule has 3 amide bonds. The molecule has 0 spiro atoms. The van der Waals surface area contributed by atoms with Crippen LogP contribution >= 0.6 is 0 Å². The zero-order valence-corrected chi connectivity index (χ0v) is 19.6. The van der Waals surface area contributed by atoms with Gasteiger partial charge in [0.1, 0.15) is 12.1 Å². The van der Waals surface area contributed by atoms with Gasteiger partial charge in [0.05, 0.1) is 12.1 Å². The van der Waals surface area contributed by atoms with Crippen LogP contribution < -0.4 is 21.7 Å². The summed E-state index contributed by atoms with van der Waals surface area (Å²) in [6.45, 7) is 12.3. The Morgan fingerprint density at radius 3 is 1.61 bits per heavy atom. The molecule has 31 heavy (non-hydrogen) atoms. The second kappa shape index (κ2) is 13.3. The molecule has 10 heteroatoms. The maximum absolute atomic E-state index is 12.9. The van der Waals surface area contributed by atoms with Gasteiger partial charge in [0.25, 0.3) is 0 Å². The lowest BCUT2D eigenvalue weighted by Gasteiger charge is -2.28. The topological polar surface area (TPSA) is 171 Å². The summed E-state index contributed by atoms with van der Waals surface area (Å²) >= 11 is 0. The Bertz CT molecular complexity index is 621. The molecule has 0 heterocycles. The van der Waals surface area contributed by atoms with Gasteiger partial charge in [-0.25, -0.2) is 4.79 Å². The Morgan fingerprint density at radius 1 is 0.742 bits per heavy atom. The molecule has 0 saturated carbocycles. The van der Waals surface area contributed by atoms with Crippen LogP contribution in [0.4, 0.5) is 0 Å². The van der Waals surface area contributed by atoms with E-state index in [4.69, 9.17) is 5.73 Å². The molecular weight excluding hydrogens is 404 g/mol. The highest BCUT2D eigenvalue weighted by Crippen LogP contribution is 2.10. The molecule has 5 unspecified atom stereocenters. The number of rotatable bonds is 13. The summed E-state index contributed by atoms with van der Waals surface area (Å²) in [6, 6.07) is -4.21. The van der Waals surface area contributed by atoms with E-state index >= 15 is 0 Å². The van der Waals surface area contributed by atoms with Crippen LogP contribution in [0.3, 0.4) is 0 Å². The largest absolute Gasteiger partial charge is 0.480 e. The summed E-state index contributed by atoms with van der Waals surface area (Å²) in [6.07, 6.45) is -0.515. The van der Waals surface area contributed by atoms with Crippen molar-refractivity contribution in [2.75, 3.05) is 0 Å². The molecule has 0 aliphatic heterocycles. The van der Waals surface area contributed by atoms with Gasteiger partial charge < -0.3 is 31.9 Å². The lowest BCUT2D eigenvalue weighted by atomic mass is 9.98. The summed E-state index contributed by atoms with van der Waals surface area (Å²) in [7, 11) is 0. The number of nitrogens with one attached hydrogen (secondary N) is 3. The number of aliphatic carboxylic acids is 1. The van der Waals surface area contributed by atoms with Gasteiger partial charge in [0, 0.05) is 0 Å². The lowest BCUT2D eigenvalue weighted by Crippen LogP contribution is -2.59. The molecule has 0 saturated heterocycles. The SMILES string of the molecule is CC(C)CC(N)C(=O)NC(CC(C)C)C(=O)NC(C(=O)NC(C(=O)O)C(C)O)C(C)C. The van der Waals surface area contributed by atoms with Crippen molar-refractivity contribution in [3.63, 3.8) is 0 Å². The first-order valence-electron chi connectivity index (χ1n) is 10.7. The third kappa shape index (κ3) is 10.6. The summed E-state index contributed by atoms with van der Waals surface area (Å²) in [5.74, 6) is -3.20. The van der Waals surface area contributed by atoms with Gasteiger partial charge in [-0.15, -0.1) is 0 Å². The fraction of sp³-hybridized carbons (Fsp3) is 0.810. The van der Waals surface area contributed by atoms with Crippen LogP contribution in [-0.4, -0.2) is 64.2 Å². The van der Waals surface area contributed by atoms with Gasteiger partial charge in [0.15, 0.2) is 6.04 Å². The third-order valence-corrected chi connectivity index (χ3v) is 4.70. The summed E-state index contributed by atoms with van der Waals surface area (Å²) in [5, 5.41) is 26.3. The normalized spacial score (nSPS) is 16.4. The van der Waals surface area contributed by atoms with Crippen molar-refractivity contribution in [3.05, 3.63) is 0 Å². The number of carboxylic acid groups (broad SMARTS) is 1. The minimum Gasteiger partial charge on any atom is -0.480 e. The van der Waals surface area contributed by atoms with Gasteiger partial charge in [0.2, 0.25) is 17.7 Å². The second-order valence-corrected chi connectivity index (χ2v) is 9.22. The van der Waals surface area contributed by atoms with E-state index in [2.05, 4.69) is 16.0 Å². The predicted octanol–water partition coefficient (Wildman–Crippen LogP) is -0.0183. The van der Waals surface area contributed by atoms with Crippen LogP contribution in [0.2, 0.25) is 0 Å². The maximum atomic E-state index is 12.9. The number of aliphatic hydroxyl groups is 1. The molecule has 0 rings (SSSR count). The number of carboxylic acids is 1. The average Bonchev–Trinajstić information content (AvgIpc) is 2.61.